The molecule has 2 unspecified atom stereocenters. The number of rotatable bonds is 5. The molecule has 5 heteroatoms. The van der Waals surface area contributed by atoms with Crippen molar-refractivity contribution in [1.29, 1.82) is 0 Å². The van der Waals surface area contributed by atoms with Crippen molar-refractivity contribution in [3.8, 4) is 0 Å². The van der Waals surface area contributed by atoms with Gasteiger partial charge in [-0.3, -0.25) is 4.79 Å². The standard InChI is InChI=1S/C19H27N3O2/c23-19(20-9-12-21-10-1-2-11-21)15-3-5-16(6-4-15)22-13-17-7-8-18(14-22)24-17/h3-6,17-18H,1-2,7-14H2,(H,20,23). The Kier molecular flexibility index (Phi) is 4.72. The summed E-state index contributed by atoms with van der Waals surface area (Å²) < 4.78 is 5.89. The van der Waals surface area contributed by atoms with Crippen LogP contribution in [0.4, 0.5) is 5.69 Å². The molecule has 4 rings (SSSR count). The Labute approximate surface area is 144 Å². The lowest BCUT2D eigenvalue weighted by molar-refractivity contribution is 0.0305. The molecule has 5 nitrogen and oxygen atoms in total. The third-order valence-corrected chi connectivity index (χ3v) is 5.45. The first kappa shape index (κ1) is 15.9. The van der Waals surface area contributed by atoms with Gasteiger partial charge in [0, 0.05) is 37.4 Å². The van der Waals surface area contributed by atoms with E-state index in [-0.39, 0.29) is 5.91 Å². The first-order valence-corrected chi connectivity index (χ1v) is 9.29. The van der Waals surface area contributed by atoms with Crippen LogP contribution in [0.2, 0.25) is 0 Å². The topological polar surface area (TPSA) is 44.8 Å². The maximum Gasteiger partial charge on any atom is 0.251 e. The molecule has 3 fully saturated rings. The number of anilines is 1. The summed E-state index contributed by atoms with van der Waals surface area (Å²) in [7, 11) is 0. The second kappa shape index (κ2) is 7.11. The molecule has 1 aromatic rings. The van der Waals surface area contributed by atoms with Crippen LogP contribution in [0.3, 0.4) is 0 Å². The van der Waals surface area contributed by atoms with Gasteiger partial charge in [0.05, 0.1) is 12.2 Å². The predicted octanol–water partition coefficient (Wildman–Crippen LogP) is 1.88. The lowest BCUT2D eigenvalue weighted by Crippen LogP contribution is -2.42. The maximum absolute atomic E-state index is 12.3. The number of morpholine rings is 1. The van der Waals surface area contributed by atoms with E-state index in [0.29, 0.717) is 12.2 Å². The minimum absolute atomic E-state index is 0.0304. The number of nitrogens with zero attached hydrogens (tertiary/aromatic N) is 2. The van der Waals surface area contributed by atoms with Crippen LogP contribution in [0.15, 0.2) is 24.3 Å². The molecule has 0 saturated carbocycles. The fourth-order valence-corrected chi connectivity index (χ4v) is 4.09. The van der Waals surface area contributed by atoms with Crippen LogP contribution >= 0.6 is 0 Å². The third kappa shape index (κ3) is 3.57. The van der Waals surface area contributed by atoms with E-state index in [1.807, 2.05) is 12.1 Å². The highest BCUT2D eigenvalue weighted by Gasteiger charge is 2.33. The van der Waals surface area contributed by atoms with Crippen molar-refractivity contribution in [2.24, 2.45) is 0 Å². The number of carbonyl (C=O) groups is 1. The lowest BCUT2D eigenvalue weighted by Gasteiger charge is -2.33. The van der Waals surface area contributed by atoms with Crippen molar-refractivity contribution in [3.63, 3.8) is 0 Å². The average molecular weight is 329 g/mol. The van der Waals surface area contributed by atoms with Gasteiger partial charge in [-0.15, -0.1) is 0 Å². The van der Waals surface area contributed by atoms with Crippen molar-refractivity contribution in [2.45, 2.75) is 37.9 Å². The second-order valence-corrected chi connectivity index (χ2v) is 7.21. The van der Waals surface area contributed by atoms with Gasteiger partial charge in [-0.1, -0.05) is 0 Å². The zero-order valence-electron chi connectivity index (χ0n) is 14.2. The fraction of sp³-hybridized carbons (Fsp3) is 0.632. The van der Waals surface area contributed by atoms with E-state index in [1.165, 1.54) is 44.5 Å². The number of benzene rings is 1. The number of hydrogen-bond donors (Lipinski definition) is 1. The van der Waals surface area contributed by atoms with Gasteiger partial charge >= 0.3 is 0 Å². The summed E-state index contributed by atoms with van der Waals surface area (Å²) in [6.07, 6.45) is 5.71. The Morgan fingerprint density at radius 1 is 1.08 bits per heavy atom. The number of likely N-dealkylation sites (tertiary alicyclic amines) is 1. The number of carbonyl (C=O) groups excluding carboxylic acids is 1. The van der Waals surface area contributed by atoms with E-state index < -0.39 is 0 Å². The summed E-state index contributed by atoms with van der Waals surface area (Å²) in [4.78, 5) is 17.1. The Hall–Kier alpha value is -1.59. The molecule has 1 amide bonds. The van der Waals surface area contributed by atoms with Gasteiger partial charge in [-0.2, -0.15) is 0 Å². The number of fused-ring (bicyclic) bond motifs is 2. The fourth-order valence-electron chi connectivity index (χ4n) is 4.09. The van der Waals surface area contributed by atoms with Crippen molar-refractivity contribution in [3.05, 3.63) is 29.8 Å². The number of ether oxygens (including phenoxy) is 1. The van der Waals surface area contributed by atoms with Crippen molar-refractivity contribution in [2.75, 3.05) is 44.2 Å². The van der Waals surface area contributed by atoms with Gasteiger partial charge in [0.1, 0.15) is 0 Å². The Morgan fingerprint density at radius 2 is 1.75 bits per heavy atom. The average Bonchev–Trinajstić information content (AvgIpc) is 3.24. The number of amides is 1. The zero-order chi connectivity index (χ0) is 16.4. The lowest BCUT2D eigenvalue weighted by atomic mass is 10.1. The summed E-state index contributed by atoms with van der Waals surface area (Å²) in [5.41, 5.74) is 1.94. The highest BCUT2D eigenvalue weighted by atomic mass is 16.5. The molecule has 3 aliphatic heterocycles. The predicted molar refractivity (Wildman–Crippen MR) is 94.6 cm³/mol. The monoisotopic (exact) mass is 329 g/mol. The summed E-state index contributed by atoms with van der Waals surface area (Å²) in [6.45, 7) is 5.97. The van der Waals surface area contributed by atoms with Gasteiger partial charge in [0.25, 0.3) is 5.91 Å². The molecular formula is C19H27N3O2. The minimum atomic E-state index is 0.0304. The molecule has 2 atom stereocenters. The normalized spacial score (nSPS) is 26.8. The van der Waals surface area contributed by atoms with Gasteiger partial charge in [0.2, 0.25) is 0 Å². The Bertz CT molecular complexity index is 556. The van der Waals surface area contributed by atoms with Crippen LogP contribution in [0, 0.1) is 0 Å². The quantitative estimate of drug-likeness (QED) is 0.896. The summed E-state index contributed by atoms with van der Waals surface area (Å²) in [5.74, 6) is 0.0304. The van der Waals surface area contributed by atoms with Crippen LogP contribution in [0.5, 0.6) is 0 Å². The Morgan fingerprint density at radius 3 is 2.42 bits per heavy atom. The van der Waals surface area contributed by atoms with Crippen molar-refractivity contribution < 1.29 is 9.53 Å². The number of hydrogen-bond acceptors (Lipinski definition) is 4. The van der Waals surface area contributed by atoms with Crippen molar-refractivity contribution >= 4 is 11.6 Å². The molecule has 0 aromatic heterocycles. The van der Waals surface area contributed by atoms with E-state index in [1.54, 1.807) is 0 Å². The van der Waals surface area contributed by atoms with E-state index in [0.717, 1.165) is 31.7 Å². The zero-order valence-corrected chi connectivity index (χ0v) is 14.2. The second-order valence-electron chi connectivity index (χ2n) is 7.21. The van der Waals surface area contributed by atoms with Crippen LogP contribution < -0.4 is 10.2 Å². The first-order valence-electron chi connectivity index (χ1n) is 9.29. The van der Waals surface area contributed by atoms with Crippen LogP contribution in [-0.4, -0.2) is 62.3 Å². The molecule has 1 N–H and O–H groups in total. The minimum Gasteiger partial charge on any atom is -0.371 e. The van der Waals surface area contributed by atoms with Crippen LogP contribution in [0.25, 0.3) is 0 Å². The Balaban J connectivity index is 1.29. The smallest absolute Gasteiger partial charge is 0.251 e. The highest BCUT2D eigenvalue weighted by Crippen LogP contribution is 2.29. The number of nitrogens with one attached hydrogen (secondary N) is 1. The maximum atomic E-state index is 12.3. The molecule has 130 valence electrons. The molecule has 0 radical (unpaired) electrons. The van der Waals surface area contributed by atoms with Gasteiger partial charge in [-0.05, 0) is 63.0 Å². The SMILES string of the molecule is O=C(NCCN1CCCC1)c1ccc(N2CC3CCC(C2)O3)cc1. The molecule has 1 aromatic carbocycles. The van der Waals surface area contributed by atoms with E-state index in [2.05, 4.69) is 27.2 Å². The van der Waals surface area contributed by atoms with E-state index in [4.69, 9.17) is 4.74 Å². The molecule has 24 heavy (non-hydrogen) atoms. The van der Waals surface area contributed by atoms with Crippen molar-refractivity contribution in [1.82, 2.24) is 10.2 Å². The third-order valence-electron chi connectivity index (χ3n) is 5.45. The van der Waals surface area contributed by atoms with Crippen LogP contribution in [-0.2, 0) is 4.74 Å². The highest BCUT2D eigenvalue weighted by molar-refractivity contribution is 5.94. The van der Waals surface area contributed by atoms with Gasteiger partial charge in [0.15, 0.2) is 0 Å². The summed E-state index contributed by atoms with van der Waals surface area (Å²) in [6, 6.07) is 8.02. The largest absolute Gasteiger partial charge is 0.371 e. The van der Waals surface area contributed by atoms with Gasteiger partial charge in [-0.25, -0.2) is 0 Å². The molecule has 2 bridgehead atoms. The van der Waals surface area contributed by atoms with E-state index >= 15 is 0 Å². The summed E-state index contributed by atoms with van der Waals surface area (Å²) >= 11 is 0. The first-order chi connectivity index (χ1) is 11.8. The molecule has 3 aliphatic rings. The molecular weight excluding hydrogens is 302 g/mol. The summed E-state index contributed by atoms with van der Waals surface area (Å²) in [5, 5.41) is 3.03. The van der Waals surface area contributed by atoms with E-state index in [9.17, 15) is 4.79 Å². The van der Waals surface area contributed by atoms with Crippen LogP contribution in [0.1, 0.15) is 36.0 Å². The van der Waals surface area contributed by atoms with Gasteiger partial charge < -0.3 is 19.9 Å². The molecule has 0 spiro atoms. The molecule has 3 heterocycles. The molecule has 0 aliphatic carbocycles. The molecule has 3 saturated heterocycles.